The molecule has 0 aromatic heterocycles. The summed E-state index contributed by atoms with van der Waals surface area (Å²) in [5.74, 6) is -0.422. The molecule has 3 nitrogen and oxygen atoms in total. The highest BCUT2D eigenvalue weighted by molar-refractivity contribution is 9.10. The predicted octanol–water partition coefficient (Wildman–Crippen LogP) is 2.40. The number of carboxylic acid groups (broad SMARTS) is 1. The maximum atomic E-state index is 11.0. The number of carbonyl (C=O) groups is 1. The first-order valence-electron chi connectivity index (χ1n) is 5.38. The molecule has 0 heterocycles. The van der Waals surface area contributed by atoms with E-state index in [4.69, 9.17) is 5.11 Å². The first-order valence-corrected chi connectivity index (χ1v) is 6.17. The minimum absolute atomic E-state index is 0.319. The van der Waals surface area contributed by atoms with Crippen molar-refractivity contribution in [2.75, 3.05) is 0 Å². The van der Waals surface area contributed by atoms with E-state index in [1.54, 1.807) is 0 Å². The van der Waals surface area contributed by atoms with Crippen LogP contribution in [0, 0.1) is 5.92 Å². The molecule has 0 saturated heterocycles. The Balaban J connectivity index is 1.95. The number of rotatable bonds is 5. The fraction of sp³-hybridized carbons (Fsp3) is 0.417. The van der Waals surface area contributed by atoms with Crippen molar-refractivity contribution in [2.45, 2.75) is 25.4 Å². The summed E-state index contributed by atoms with van der Waals surface area (Å²) in [6.07, 6.45) is 2.06. The Morgan fingerprint density at radius 2 is 2.19 bits per heavy atom. The number of aliphatic carboxylic acids is 1. The van der Waals surface area contributed by atoms with Crippen LogP contribution < -0.4 is 5.32 Å². The predicted molar refractivity (Wildman–Crippen MR) is 65.1 cm³/mol. The van der Waals surface area contributed by atoms with Gasteiger partial charge in [0.2, 0.25) is 0 Å². The number of benzene rings is 1. The first kappa shape index (κ1) is 11.6. The van der Waals surface area contributed by atoms with Gasteiger partial charge in [0, 0.05) is 11.0 Å². The number of nitrogens with one attached hydrogen (secondary N) is 1. The van der Waals surface area contributed by atoms with Crippen LogP contribution in [-0.4, -0.2) is 17.1 Å². The molecule has 4 heteroatoms. The molecule has 1 aromatic carbocycles. The van der Waals surface area contributed by atoms with Crippen LogP contribution in [0.4, 0.5) is 0 Å². The molecule has 0 spiro atoms. The van der Waals surface area contributed by atoms with Crippen molar-refractivity contribution in [1.29, 1.82) is 0 Å². The van der Waals surface area contributed by atoms with Crippen molar-refractivity contribution < 1.29 is 9.90 Å². The number of carboxylic acids is 1. The van der Waals surface area contributed by atoms with Gasteiger partial charge in [-0.3, -0.25) is 4.79 Å². The summed E-state index contributed by atoms with van der Waals surface area (Å²) in [5.41, 5.74) is 1.09. The second kappa shape index (κ2) is 4.97. The summed E-state index contributed by atoms with van der Waals surface area (Å²) in [5, 5.41) is 12.2. The highest BCUT2D eigenvalue weighted by atomic mass is 79.9. The van der Waals surface area contributed by atoms with E-state index in [0.29, 0.717) is 12.5 Å². The molecule has 0 aliphatic heterocycles. The summed E-state index contributed by atoms with van der Waals surface area (Å²) in [6, 6.07) is 7.46. The fourth-order valence-electron chi connectivity index (χ4n) is 1.75. The number of hydrogen-bond donors (Lipinski definition) is 2. The summed E-state index contributed by atoms with van der Waals surface area (Å²) in [7, 11) is 0. The summed E-state index contributed by atoms with van der Waals surface area (Å²) < 4.78 is 1.02. The van der Waals surface area contributed by atoms with Crippen LogP contribution in [0.5, 0.6) is 0 Å². The Labute approximate surface area is 103 Å². The summed E-state index contributed by atoms with van der Waals surface area (Å²) in [6.45, 7) is 0.592. The third-order valence-corrected chi connectivity index (χ3v) is 3.60. The van der Waals surface area contributed by atoms with Gasteiger partial charge in [0.05, 0.1) is 0 Å². The largest absolute Gasteiger partial charge is 0.480 e. The van der Waals surface area contributed by atoms with Gasteiger partial charge in [-0.2, -0.15) is 0 Å². The molecule has 16 heavy (non-hydrogen) atoms. The molecule has 86 valence electrons. The van der Waals surface area contributed by atoms with Crippen LogP contribution in [0.15, 0.2) is 28.7 Å². The van der Waals surface area contributed by atoms with Gasteiger partial charge in [-0.05, 0) is 30.4 Å². The Hall–Kier alpha value is -0.870. The fourth-order valence-corrected chi connectivity index (χ4v) is 2.17. The zero-order chi connectivity index (χ0) is 11.5. The Morgan fingerprint density at radius 3 is 2.75 bits per heavy atom. The number of halogens is 1. The molecule has 1 saturated carbocycles. The van der Waals surface area contributed by atoms with E-state index in [1.807, 2.05) is 24.3 Å². The van der Waals surface area contributed by atoms with E-state index in [1.165, 1.54) is 0 Å². The summed E-state index contributed by atoms with van der Waals surface area (Å²) >= 11 is 3.45. The topological polar surface area (TPSA) is 49.3 Å². The van der Waals surface area contributed by atoms with Crippen molar-refractivity contribution in [2.24, 2.45) is 5.92 Å². The maximum absolute atomic E-state index is 11.0. The molecule has 0 amide bonds. The van der Waals surface area contributed by atoms with Gasteiger partial charge in [-0.25, -0.2) is 0 Å². The lowest BCUT2D eigenvalue weighted by molar-refractivity contribution is -0.140. The summed E-state index contributed by atoms with van der Waals surface area (Å²) in [4.78, 5) is 11.0. The van der Waals surface area contributed by atoms with Crippen LogP contribution in [0.1, 0.15) is 18.4 Å². The van der Waals surface area contributed by atoms with E-state index in [-0.39, 0.29) is 0 Å². The normalized spacial score (nSPS) is 17.1. The highest BCUT2D eigenvalue weighted by Gasteiger charge is 2.35. The molecule has 0 bridgehead atoms. The van der Waals surface area contributed by atoms with Crippen LogP contribution in [0.3, 0.4) is 0 Å². The van der Waals surface area contributed by atoms with Gasteiger partial charge in [-0.1, -0.05) is 34.1 Å². The maximum Gasteiger partial charge on any atom is 0.320 e. The molecular weight excluding hydrogens is 270 g/mol. The lowest BCUT2D eigenvalue weighted by atomic mass is 10.1. The highest BCUT2D eigenvalue weighted by Crippen LogP contribution is 2.33. The molecule has 1 fully saturated rings. The van der Waals surface area contributed by atoms with Gasteiger partial charge in [0.15, 0.2) is 0 Å². The van der Waals surface area contributed by atoms with Crippen molar-refractivity contribution in [3.05, 3.63) is 34.3 Å². The second-order valence-corrected chi connectivity index (χ2v) is 4.98. The van der Waals surface area contributed by atoms with Crippen LogP contribution in [-0.2, 0) is 11.3 Å². The average Bonchev–Trinajstić information content (AvgIpc) is 3.04. The molecule has 1 aliphatic rings. The minimum Gasteiger partial charge on any atom is -0.480 e. The molecule has 1 aliphatic carbocycles. The van der Waals surface area contributed by atoms with Gasteiger partial charge >= 0.3 is 5.97 Å². The van der Waals surface area contributed by atoms with Crippen molar-refractivity contribution in [1.82, 2.24) is 5.32 Å². The molecule has 1 atom stereocenters. The van der Waals surface area contributed by atoms with Crippen molar-refractivity contribution in [3.8, 4) is 0 Å². The van der Waals surface area contributed by atoms with Crippen molar-refractivity contribution in [3.63, 3.8) is 0 Å². The lowest BCUT2D eigenvalue weighted by Gasteiger charge is -2.14. The second-order valence-electron chi connectivity index (χ2n) is 4.13. The zero-order valence-corrected chi connectivity index (χ0v) is 10.4. The molecule has 0 radical (unpaired) electrons. The molecule has 2 N–H and O–H groups in total. The average molecular weight is 284 g/mol. The Kier molecular flexibility index (Phi) is 3.61. The van der Waals surface area contributed by atoms with Gasteiger partial charge < -0.3 is 10.4 Å². The van der Waals surface area contributed by atoms with E-state index >= 15 is 0 Å². The third-order valence-electron chi connectivity index (χ3n) is 2.83. The molecule has 1 aromatic rings. The van der Waals surface area contributed by atoms with Crippen LogP contribution in [0.2, 0.25) is 0 Å². The third kappa shape index (κ3) is 2.83. The van der Waals surface area contributed by atoms with Crippen LogP contribution in [0.25, 0.3) is 0 Å². The lowest BCUT2D eigenvalue weighted by Crippen LogP contribution is -2.38. The molecular formula is C12H14BrNO2. The number of hydrogen-bond acceptors (Lipinski definition) is 2. The molecule has 1 unspecified atom stereocenters. The first-order chi connectivity index (χ1) is 7.68. The van der Waals surface area contributed by atoms with Crippen molar-refractivity contribution >= 4 is 21.9 Å². The molecule has 2 rings (SSSR count). The SMILES string of the molecule is O=C(O)C(NCc1ccccc1Br)C1CC1. The van der Waals surface area contributed by atoms with E-state index in [0.717, 1.165) is 22.9 Å². The quantitative estimate of drug-likeness (QED) is 0.873. The smallest absolute Gasteiger partial charge is 0.320 e. The van der Waals surface area contributed by atoms with Gasteiger partial charge in [-0.15, -0.1) is 0 Å². The zero-order valence-electron chi connectivity index (χ0n) is 8.82. The Bertz CT molecular complexity index is 390. The van der Waals surface area contributed by atoms with Gasteiger partial charge in [0.1, 0.15) is 6.04 Å². The van der Waals surface area contributed by atoms with E-state index in [2.05, 4.69) is 21.2 Å². The Morgan fingerprint density at radius 1 is 1.50 bits per heavy atom. The van der Waals surface area contributed by atoms with E-state index in [9.17, 15) is 4.79 Å². The standard InChI is InChI=1S/C12H14BrNO2/c13-10-4-2-1-3-9(10)7-14-11(12(15)16)8-5-6-8/h1-4,8,11,14H,5-7H2,(H,15,16). The monoisotopic (exact) mass is 283 g/mol. The van der Waals surface area contributed by atoms with E-state index < -0.39 is 12.0 Å². The van der Waals surface area contributed by atoms with Gasteiger partial charge in [0.25, 0.3) is 0 Å². The van der Waals surface area contributed by atoms with Crippen LogP contribution >= 0.6 is 15.9 Å². The minimum atomic E-state index is -0.741.